The van der Waals surface area contributed by atoms with E-state index in [1.807, 2.05) is 6.07 Å². The Balaban J connectivity index is 1.52. The minimum absolute atomic E-state index is 0.0916. The number of carbonyl (C=O) groups excluding carboxylic acids is 1. The van der Waals surface area contributed by atoms with E-state index >= 15 is 0 Å². The Morgan fingerprint density at radius 1 is 1.06 bits per heavy atom. The van der Waals surface area contributed by atoms with E-state index in [1.54, 1.807) is 53.9 Å². The predicted molar refractivity (Wildman–Crippen MR) is 127 cm³/mol. The number of pyridine rings is 1. The third-order valence-electron chi connectivity index (χ3n) is 5.15. The fourth-order valence-electron chi connectivity index (χ4n) is 3.36. The quantitative estimate of drug-likeness (QED) is 0.342. The fourth-order valence-corrected chi connectivity index (χ4v) is 4.47. The van der Waals surface area contributed by atoms with Crippen molar-refractivity contribution in [3.63, 3.8) is 0 Å². The summed E-state index contributed by atoms with van der Waals surface area (Å²) in [7, 11) is 0. The zero-order valence-electron chi connectivity index (χ0n) is 18.0. The molecule has 0 saturated carbocycles. The van der Waals surface area contributed by atoms with Crippen molar-refractivity contribution >= 4 is 33.1 Å². The van der Waals surface area contributed by atoms with Gasteiger partial charge in [0.2, 0.25) is 0 Å². The molecule has 7 heteroatoms. The molecule has 0 unspecified atom stereocenters. The van der Waals surface area contributed by atoms with Gasteiger partial charge in [0.05, 0.1) is 10.2 Å². The molecular weight excluding hydrogens is 425 g/mol. The second-order valence-corrected chi connectivity index (χ2v) is 8.40. The fraction of sp³-hybridized carbons (Fsp3) is 0.200. The maximum absolute atomic E-state index is 14.8. The van der Waals surface area contributed by atoms with Crippen LogP contribution in [0.4, 0.5) is 10.1 Å². The highest BCUT2D eigenvalue weighted by molar-refractivity contribution is 7.19. The molecule has 0 aliphatic rings. The Morgan fingerprint density at radius 3 is 2.56 bits per heavy atom. The van der Waals surface area contributed by atoms with Crippen LogP contribution >= 0.6 is 11.3 Å². The summed E-state index contributed by atoms with van der Waals surface area (Å²) in [5.74, 6) is -0.200. The molecule has 0 aliphatic carbocycles. The summed E-state index contributed by atoms with van der Waals surface area (Å²) in [5.41, 5.74) is 1.70. The Kier molecular flexibility index (Phi) is 6.78. The van der Waals surface area contributed by atoms with Crippen LogP contribution in [0.2, 0.25) is 0 Å². The number of thiophene rings is 1. The van der Waals surface area contributed by atoms with E-state index in [9.17, 15) is 9.18 Å². The van der Waals surface area contributed by atoms with Crippen molar-refractivity contribution in [1.29, 1.82) is 0 Å². The van der Waals surface area contributed by atoms with Crippen LogP contribution in [-0.4, -0.2) is 28.9 Å². The Labute approximate surface area is 190 Å². The zero-order chi connectivity index (χ0) is 22.5. The van der Waals surface area contributed by atoms with Crippen LogP contribution in [0.15, 0.2) is 66.9 Å². The number of nitrogens with one attached hydrogen (secondary N) is 1. The van der Waals surface area contributed by atoms with Crippen LogP contribution in [0.1, 0.15) is 29.1 Å². The average Bonchev–Trinajstić information content (AvgIpc) is 3.23. The Bertz CT molecular complexity index is 1220. The molecule has 5 nitrogen and oxygen atoms in total. The van der Waals surface area contributed by atoms with Crippen LogP contribution in [0.5, 0.6) is 11.5 Å². The second kappa shape index (κ2) is 9.89. The number of ether oxygens (including phenoxy) is 1. The molecule has 0 radical (unpaired) electrons. The molecule has 0 fully saturated rings. The largest absolute Gasteiger partial charge is 0.453 e. The second-order valence-electron chi connectivity index (χ2n) is 7.26. The third kappa shape index (κ3) is 4.95. The van der Waals surface area contributed by atoms with Gasteiger partial charge in [-0.3, -0.25) is 14.7 Å². The molecule has 4 rings (SSSR count). The molecule has 4 aromatic rings. The molecule has 0 bridgehead atoms. The van der Waals surface area contributed by atoms with Gasteiger partial charge in [-0.1, -0.05) is 32.0 Å². The third-order valence-corrected chi connectivity index (χ3v) is 6.27. The number of amides is 1. The highest BCUT2D eigenvalue weighted by atomic mass is 32.1. The number of benzene rings is 2. The van der Waals surface area contributed by atoms with E-state index in [4.69, 9.17) is 4.74 Å². The monoisotopic (exact) mass is 449 g/mol. The molecule has 0 spiro atoms. The number of anilines is 1. The zero-order valence-corrected chi connectivity index (χ0v) is 18.8. The predicted octanol–water partition coefficient (Wildman–Crippen LogP) is 6.32. The number of halogens is 1. The van der Waals surface area contributed by atoms with Crippen molar-refractivity contribution < 1.29 is 13.9 Å². The van der Waals surface area contributed by atoms with Crippen LogP contribution < -0.4 is 10.1 Å². The molecule has 32 heavy (non-hydrogen) atoms. The van der Waals surface area contributed by atoms with Crippen LogP contribution in [0, 0.1) is 5.82 Å². The lowest BCUT2D eigenvalue weighted by molar-refractivity contribution is 0.102. The Hall–Kier alpha value is -3.29. The van der Waals surface area contributed by atoms with Crippen molar-refractivity contribution in [2.75, 3.05) is 18.4 Å². The van der Waals surface area contributed by atoms with Gasteiger partial charge < -0.3 is 10.1 Å². The highest BCUT2D eigenvalue weighted by Crippen LogP contribution is 2.36. The van der Waals surface area contributed by atoms with E-state index < -0.39 is 5.82 Å². The minimum Gasteiger partial charge on any atom is -0.453 e. The number of hydrogen-bond acceptors (Lipinski definition) is 5. The van der Waals surface area contributed by atoms with E-state index in [1.165, 1.54) is 17.0 Å². The minimum atomic E-state index is -0.555. The topological polar surface area (TPSA) is 54.5 Å². The summed E-state index contributed by atoms with van der Waals surface area (Å²) < 4.78 is 21.6. The van der Waals surface area contributed by atoms with Crippen LogP contribution in [0.25, 0.3) is 10.2 Å². The van der Waals surface area contributed by atoms with Gasteiger partial charge in [-0.15, -0.1) is 11.3 Å². The number of nitrogens with zero attached hydrogens (tertiary/aromatic N) is 2. The first-order chi connectivity index (χ1) is 15.6. The molecule has 2 aromatic carbocycles. The van der Waals surface area contributed by atoms with E-state index in [0.717, 1.165) is 29.9 Å². The lowest BCUT2D eigenvalue weighted by atomic mass is 10.2. The van der Waals surface area contributed by atoms with Gasteiger partial charge in [0.15, 0.2) is 11.6 Å². The molecule has 0 atom stereocenters. The van der Waals surface area contributed by atoms with Crippen LogP contribution in [-0.2, 0) is 6.54 Å². The smallest absolute Gasteiger partial charge is 0.255 e. The first kappa shape index (κ1) is 21.9. The number of carbonyl (C=O) groups is 1. The summed E-state index contributed by atoms with van der Waals surface area (Å²) in [6.45, 7) is 7.06. The van der Waals surface area contributed by atoms with Crippen molar-refractivity contribution in [2.24, 2.45) is 0 Å². The van der Waals surface area contributed by atoms with Crippen molar-refractivity contribution in [2.45, 2.75) is 20.4 Å². The maximum atomic E-state index is 14.8. The molecule has 2 aromatic heterocycles. The lowest BCUT2D eigenvalue weighted by Crippen LogP contribution is -2.21. The van der Waals surface area contributed by atoms with Gasteiger partial charge in [-0.05, 0) is 43.4 Å². The normalized spacial score (nSPS) is 11.1. The van der Waals surface area contributed by atoms with Gasteiger partial charge >= 0.3 is 0 Å². The number of aromatic nitrogens is 1. The maximum Gasteiger partial charge on any atom is 0.255 e. The molecule has 1 amide bonds. The molecule has 1 N–H and O–H groups in total. The summed E-state index contributed by atoms with van der Waals surface area (Å²) >= 11 is 1.61. The lowest BCUT2D eigenvalue weighted by Gasteiger charge is -2.16. The number of rotatable bonds is 8. The highest BCUT2D eigenvalue weighted by Gasteiger charge is 2.14. The van der Waals surface area contributed by atoms with Gasteiger partial charge in [0.25, 0.3) is 5.91 Å². The van der Waals surface area contributed by atoms with Crippen molar-refractivity contribution in [1.82, 2.24) is 9.88 Å². The summed E-state index contributed by atoms with van der Waals surface area (Å²) in [6, 6.07) is 17.0. The summed E-state index contributed by atoms with van der Waals surface area (Å²) in [6.07, 6.45) is 1.66. The Morgan fingerprint density at radius 2 is 1.84 bits per heavy atom. The van der Waals surface area contributed by atoms with Gasteiger partial charge in [-0.25, -0.2) is 4.39 Å². The van der Waals surface area contributed by atoms with Crippen molar-refractivity contribution in [3.8, 4) is 11.5 Å². The SMILES string of the molecule is CCN(CC)Cc1cc2nccc(Oc3ccc(NC(=O)c4ccccc4)cc3F)c2s1. The summed E-state index contributed by atoms with van der Waals surface area (Å²) in [5, 5.41) is 2.71. The molecule has 2 heterocycles. The summed E-state index contributed by atoms with van der Waals surface area (Å²) in [4.78, 5) is 20.2. The van der Waals surface area contributed by atoms with Gasteiger partial charge in [0.1, 0.15) is 5.75 Å². The van der Waals surface area contributed by atoms with Gasteiger partial charge in [0, 0.05) is 41.0 Å². The van der Waals surface area contributed by atoms with E-state index in [-0.39, 0.29) is 11.7 Å². The van der Waals surface area contributed by atoms with Crippen LogP contribution in [0.3, 0.4) is 0 Å². The number of fused-ring (bicyclic) bond motifs is 1. The first-order valence-electron chi connectivity index (χ1n) is 10.5. The first-order valence-corrected chi connectivity index (χ1v) is 11.3. The number of hydrogen-bond donors (Lipinski definition) is 1. The van der Waals surface area contributed by atoms with E-state index in [0.29, 0.717) is 17.0 Å². The standard InChI is InChI=1S/C25H24FN3O2S/c1-3-29(4-2)16-19-15-21-24(32-19)23(12-13-27-21)31-22-11-10-18(14-20(22)26)28-25(30)17-8-6-5-7-9-17/h5-15H,3-4,16H2,1-2H3,(H,28,30). The molecule has 0 aliphatic heterocycles. The van der Waals surface area contributed by atoms with Gasteiger partial charge in [-0.2, -0.15) is 0 Å². The molecular formula is C25H24FN3O2S. The molecule has 0 saturated heterocycles. The van der Waals surface area contributed by atoms with E-state index in [2.05, 4.69) is 35.1 Å². The van der Waals surface area contributed by atoms with Crippen molar-refractivity contribution in [3.05, 3.63) is 83.1 Å². The molecule has 164 valence electrons. The average molecular weight is 450 g/mol.